The third kappa shape index (κ3) is 3.77. The fourth-order valence-corrected chi connectivity index (χ4v) is 2.92. The van der Waals surface area contributed by atoms with Gasteiger partial charge in [0.15, 0.2) is 0 Å². The zero-order valence-electron chi connectivity index (χ0n) is 15.6. The number of benzene rings is 2. The molecule has 0 aliphatic carbocycles. The smallest absolute Gasteiger partial charge is 0.340 e. The van der Waals surface area contributed by atoms with Crippen LogP contribution in [0.25, 0.3) is 6.08 Å². The number of carbonyl (C=O) groups excluding carboxylic acids is 2. The molecular formula is C22H21NO4. The molecule has 2 aromatic carbocycles. The van der Waals surface area contributed by atoms with Crippen LogP contribution >= 0.6 is 0 Å². The minimum absolute atomic E-state index is 0.245. The average Bonchev–Trinajstić information content (AvgIpc) is 2.91. The van der Waals surface area contributed by atoms with Crippen molar-refractivity contribution in [2.75, 3.05) is 14.2 Å². The molecule has 27 heavy (non-hydrogen) atoms. The van der Waals surface area contributed by atoms with E-state index in [0.29, 0.717) is 23.6 Å². The highest BCUT2D eigenvalue weighted by Crippen LogP contribution is 2.32. The van der Waals surface area contributed by atoms with Gasteiger partial charge in [0.05, 0.1) is 18.3 Å². The van der Waals surface area contributed by atoms with Crippen molar-refractivity contribution in [2.45, 2.75) is 13.5 Å². The van der Waals surface area contributed by atoms with Crippen LogP contribution < -0.4 is 4.74 Å². The average molecular weight is 363 g/mol. The number of methoxy groups -OCH3 is 1. The molecule has 0 radical (unpaired) electrons. The van der Waals surface area contributed by atoms with E-state index in [2.05, 4.69) is 0 Å². The number of allylic oxidation sites excluding steroid dienone is 1. The molecule has 0 spiro atoms. The van der Waals surface area contributed by atoms with Gasteiger partial charge < -0.3 is 14.4 Å². The standard InChI is InChI=1S/C22H21NO4/c1-15-20(22(25)26-3)18(21(24)23(15)2)13-17-11-7-8-12-19(17)27-14-16-9-5-4-6-10-16/h4-13H,14H2,1-3H3/b18-13-. The first-order chi connectivity index (χ1) is 13.0. The van der Waals surface area contributed by atoms with Gasteiger partial charge in [0, 0.05) is 18.3 Å². The quantitative estimate of drug-likeness (QED) is 0.602. The van der Waals surface area contributed by atoms with E-state index in [9.17, 15) is 9.59 Å². The Labute approximate surface area is 158 Å². The molecule has 0 unspecified atom stereocenters. The first kappa shape index (κ1) is 18.5. The van der Waals surface area contributed by atoms with E-state index >= 15 is 0 Å². The van der Waals surface area contributed by atoms with Gasteiger partial charge in [-0.3, -0.25) is 4.79 Å². The molecule has 0 bridgehead atoms. The van der Waals surface area contributed by atoms with E-state index in [0.717, 1.165) is 11.1 Å². The molecule has 0 N–H and O–H groups in total. The largest absolute Gasteiger partial charge is 0.488 e. The fraction of sp³-hybridized carbons (Fsp3) is 0.182. The number of rotatable bonds is 5. The molecule has 5 heteroatoms. The third-order valence-electron chi connectivity index (χ3n) is 4.51. The van der Waals surface area contributed by atoms with Gasteiger partial charge in [0.2, 0.25) is 0 Å². The first-order valence-electron chi connectivity index (χ1n) is 8.58. The predicted molar refractivity (Wildman–Crippen MR) is 103 cm³/mol. The Morgan fingerprint density at radius 3 is 2.44 bits per heavy atom. The second kappa shape index (κ2) is 7.91. The SMILES string of the molecule is COC(=O)C1=C(C)N(C)C(=O)/C1=C\c1ccccc1OCc1ccccc1. The van der Waals surface area contributed by atoms with Gasteiger partial charge in [-0.25, -0.2) is 4.79 Å². The summed E-state index contributed by atoms with van der Waals surface area (Å²) in [6.45, 7) is 2.14. The van der Waals surface area contributed by atoms with E-state index in [1.165, 1.54) is 12.0 Å². The van der Waals surface area contributed by atoms with Crippen LogP contribution in [0.2, 0.25) is 0 Å². The molecule has 138 valence electrons. The zero-order chi connectivity index (χ0) is 19.4. The zero-order valence-corrected chi connectivity index (χ0v) is 15.6. The van der Waals surface area contributed by atoms with Crippen LogP contribution in [0.1, 0.15) is 18.1 Å². The maximum Gasteiger partial charge on any atom is 0.340 e. The molecule has 1 amide bonds. The number of likely N-dealkylation sites (N-methyl/N-ethyl adjacent to an activating group) is 1. The number of para-hydroxylation sites is 1. The normalized spacial score (nSPS) is 15.4. The number of carbonyl (C=O) groups is 2. The van der Waals surface area contributed by atoms with Gasteiger partial charge >= 0.3 is 5.97 Å². The van der Waals surface area contributed by atoms with E-state index < -0.39 is 5.97 Å². The monoisotopic (exact) mass is 363 g/mol. The van der Waals surface area contributed by atoms with Crippen molar-refractivity contribution in [3.63, 3.8) is 0 Å². The van der Waals surface area contributed by atoms with E-state index in [1.54, 1.807) is 20.0 Å². The van der Waals surface area contributed by atoms with E-state index in [1.807, 2.05) is 54.6 Å². The Morgan fingerprint density at radius 2 is 1.74 bits per heavy atom. The maximum absolute atomic E-state index is 12.6. The van der Waals surface area contributed by atoms with Gasteiger partial charge in [-0.2, -0.15) is 0 Å². The lowest BCUT2D eigenvalue weighted by molar-refractivity contribution is -0.136. The van der Waals surface area contributed by atoms with Crippen molar-refractivity contribution < 1.29 is 19.1 Å². The summed E-state index contributed by atoms with van der Waals surface area (Å²) in [5.41, 5.74) is 2.92. The Morgan fingerprint density at radius 1 is 1.07 bits per heavy atom. The summed E-state index contributed by atoms with van der Waals surface area (Å²) in [4.78, 5) is 26.2. The van der Waals surface area contributed by atoms with Crippen LogP contribution in [0.5, 0.6) is 5.75 Å². The molecule has 0 saturated heterocycles. The van der Waals surface area contributed by atoms with Crippen LogP contribution in [-0.4, -0.2) is 30.9 Å². The molecule has 0 fully saturated rings. The molecule has 1 aliphatic rings. The van der Waals surface area contributed by atoms with Crippen LogP contribution in [0.15, 0.2) is 71.4 Å². The van der Waals surface area contributed by atoms with Crippen molar-refractivity contribution in [1.82, 2.24) is 4.90 Å². The summed E-state index contributed by atoms with van der Waals surface area (Å²) in [7, 11) is 2.94. The summed E-state index contributed by atoms with van der Waals surface area (Å²) in [6, 6.07) is 17.2. The Hall–Kier alpha value is -3.34. The van der Waals surface area contributed by atoms with Gasteiger partial charge in [-0.15, -0.1) is 0 Å². The number of esters is 1. The lowest BCUT2D eigenvalue weighted by atomic mass is 10.0. The predicted octanol–water partition coefficient (Wildman–Crippen LogP) is 3.57. The van der Waals surface area contributed by atoms with Crippen molar-refractivity contribution in [3.8, 4) is 5.75 Å². The number of nitrogens with zero attached hydrogens (tertiary/aromatic N) is 1. The summed E-state index contributed by atoms with van der Waals surface area (Å²) < 4.78 is 10.8. The maximum atomic E-state index is 12.6. The second-order valence-corrected chi connectivity index (χ2v) is 6.19. The fourth-order valence-electron chi connectivity index (χ4n) is 2.92. The minimum Gasteiger partial charge on any atom is -0.488 e. The summed E-state index contributed by atoms with van der Waals surface area (Å²) in [5.74, 6) is -0.136. The van der Waals surface area contributed by atoms with E-state index in [-0.39, 0.29) is 11.5 Å². The Kier molecular flexibility index (Phi) is 5.41. The Bertz CT molecular complexity index is 928. The number of hydrogen-bond acceptors (Lipinski definition) is 4. The van der Waals surface area contributed by atoms with Gasteiger partial charge in [-0.05, 0) is 24.6 Å². The second-order valence-electron chi connectivity index (χ2n) is 6.19. The summed E-state index contributed by atoms with van der Waals surface area (Å²) >= 11 is 0. The topological polar surface area (TPSA) is 55.8 Å². The molecule has 0 saturated carbocycles. The highest BCUT2D eigenvalue weighted by Gasteiger charge is 2.35. The van der Waals surface area contributed by atoms with Gasteiger partial charge in [-0.1, -0.05) is 48.5 Å². The lowest BCUT2D eigenvalue weighted by Crippen LogP contribution is -2.19. The number of ether oxygens (including phenoxy) is 2. The van der Waals surface area contributed by atoms with Crippen LogP contribution in [0.3, 0.4) is 0 Å². The lowest BCUT2D eigenvalue weighted by Gasteiger charge is -2.11. The van der Waals surface area contributed by atoms with Gasteiger partial charge in [0.25, 0.3) is 5.91 Å². The van der Waals surface area contributed by atoms with Crippen molar-refractivity contribution in [2.24, 2.45) is 0 Å². The number of amides is 1. The molecule has 0 aromatic heterocycles. The molecule has 0 atom stereocenters. The minimum atomic E-state index is -0.529. The van der Waals surface area contributed by atoms with Crippen molar-refractivity contribution in [3.05, 3.63) is 82.6 Å². The van der Waals surface area contributed by atoms with Crippen LogP contribution in [-0.2, 0) is 20.9 Å². The Balaban J connectivity index is 1.94. The highest BCUT2D eigenvalue weighted by molar-refractivity contribution is 6.16. The van der Waals surface area contributed by atoms with Crippen LogP contribution in [0.4, 0.5) is 0 Å². The molecule has 5 nitrogen and oxygen atoms in total. The van der Waals surface area contributed by atoms with Gasteiger partial charge in [0.1, 0.15) is 12.4 Å². The van der Waals surface area contributed by atoms with Crippen LogP contribution in [0, 0.1) is 0 Å². The molecule has 1 heterocycles. The molecule has 2 aromatic rings. The molecular weight excluding hydrogens is 342 g/mol. The summed E-state index contributed by atoms with van der Waals surface area (Å²) in [5, 5.41) is 0. The van der Waals surface area contributed by atoms with Crippen molar-refractivity contribution in [1.29, 1.82) is 0 Å². The van der Waals surface area contributed by atoms with E-state index in [4.69, 9.17) is 9.47 Å². The molecule has 3 rings (SSSR count). The first-order valence-corrected chi connectivity index (χ1v) is 8.58. The van der Waals surface area contributed by atoms with Crippen molar-refractivity contribution >= 4 is 18.0 Å². The molecule has 1 aliphatic heterocycles. The highest BCUT2D eigenvalue weighted by atomic mass is 16.5. The summed E-state index contributed by atoms with van der Waals surface area (Å²) in [6.07, 6.45) is 1.68. The third-order valence-corrected chi connectivity index (χ3v) is 4.51. The number of hydrogen-bond donors (Lipinski definition) is 0.